The van der Waals surface area contributed by atoms with Crippen LogP contribution in [0.1, 0.15) is 38.7 Å². The molecule has 3 nitrogen and oxygen atoms in total. The Morgan fingerprint density at radius 2 is 2.21 bits per heavy atom. The van der Waals surface area contributed by atoms with Crippen LogP contribution in [0.4, 0.5) is 5.69 Å². The van der Waals surface area contributed by atoms with E-state index in [1.165, 1.54) is 6.42 Å². The lowest BCUT2D eigenvalue weighted by Gasteiger charge is -2.07. The minimum absolute atomic E-state index is 0.0662. The van der Waals surface area contributed by atoms with Crippen LogP contribution in [0, 0.1) is 29.1 Å². The van der Waals surface area contributed by atoms with Crippen LogP contribution in [0.2, 0.25) is 0 Å². The molecule has 1 aliphatic carbocycles. The van der Waals surface area contributed by atoms with Crippen molar-refractivity contribution in [1.82, 2.24) is 0 Å². The van der Waals surface area contributed by atoms with Crippen LogP contribution in [-0.4, -0.2) is 5.91 Å². The smallest absolute Gasteiger partial charge is 0.227 e. The first-order valence-electron chi connectivity index (χ1n) is 6.91. The molecule has 1 saturated carbocycles. The number of nitrogens with zero attached hydrogens (tertiary/aromatic N) is 1. The number of nitrogens with one attached hydrogen (secondary N) is 1. The molecule has 1 N–H and O–H groups in total. The molecule has 1 amide bonds. The van der Waals surface area contributed by atoms with Crippen LogP contribution >= 0.6 is 0 Å². The van der Waals surface area contributed by atoms with Crippen molar-refractivity contribution in [1.29, 1.82) is 5.26 Å². The summed E-state index contributed by atoms with van der Waals surface area (Å²) in [6, 6.07) is 9.23. The second-order valence-electron chi connectivity index (χ2n) is 5.72. The van der Waals surface area contributed by atoms with E-state index in [9.17, 15) is 4.79 Å². The molecule has 3 heteroatoms. The molecule has 0 radical (unpaired) electrons. The fourth-order valence-electron chi connectivity index (χ4n) is 2.35. The monoisotopic (exact) mass is 256 g/mol. The topological polar surface area (TPSA) is 52.9 Å². The minimum Gasteiger partial charge on any atom is -0.325 e. The number of carbonyl (C=O) groups is 1. The zero-order valence-electron chi connectivity index (χ0n) is 11.5. The average molecular weight is 256 g/mol. The molecule has 0 saturated heterocycles. The molecule has 2 atom stereocenters. The number of hydrogen-bond acceptors (Lipinski definition) is 2. The zero-order chi connectivity index (χ0) is 13.8. The van der Waals surface area contributed by atoms with Crippen LogP contribution in [0.3, 0.4) is 0 Å². The van der Waals surface area contributed by atoms with Crippen molar-refractivity contribution in [2.24, 2.45) is 17.8 Å². The lowest BCUT2D eigenvalue weighted by atomic mass is 10.0. The van der Waals surface area contributed by atoms with Gasteiger partial charge in [0.2, 0.25) is 5.91 Å². The molecular formula is C16H20N2O. The number of para-hydroxylation sites is 1. The van der Waals surface area contributed by atoms with Crippen molar-refractivity contribution >= 4 is 11.6 Å². The zero-order valence-corrected chi connectivity index (χ0v) is 11.5. The molecule has 0 aromatic heterocycles. The summed E-state index contributed by atoms with van der Waals surface area (Å²) in [5.74, 6) is 1.45. The summed E-state index contributed by atoms with van der Waals surface area (Å²) < 4.78 is 0. The summed E-state index contributed by atoms with van der Waals surface area (Å²) in [4.78, 5) is 12.1. The van der Waals surface area contributed by atoms with Gasteiger partial charge in [-0.1, -0.05) is 32.4 Å². The lowest BCUT2D eigenvalue weighted by Crippen LogP contribution is -2.15. The van der Waals surface area contributed by atoms with E-state index in [4.69, 9.17) is 5.26 Å². The molecule has 0 spiro atoms. The molecule has 1 aromatic rings. The second kappa shape index (κ2) is 5.88. The highest BCUT2D eigenvalue weighted by Crippen LogP contribution is 2.43. The third-order valence-electron chi connectivity index (χ3n) is 3.68. The van der Waals surface area contributed by atoms with E-state index in [1.807, 2.05) is 6.07 Å². The van der Waals surface area contributed by atoms with Crippen LogP contribution in [-0.2, 0) is 4.79 Å². The first kappa shape index (κ1) is 13.6. The predicted molar refractivity (Wildman–Crippen MR) is 75.5 cm³/mol. The number of hydrogen-bond donors (Lipinski definition) is 1. The van der Waals surface area contributed by atoms with Crippen molar-refractivity contribution in [3.8, 4) is 6.07 Å². The van der Waals surface area contributed by atoms with Crippen molar-refractivity contribution in [3.05, 3.63) is 29.8 Å². The van der Waals surface area contributed by atoms with Gasteiger partial charge in [0.25, 0.3) is 0 Å². The van der Waals surface area contributed by atoms with Gasteiger partial charge in [0.05, 0.1) is 11.3 Å². The normalized spacial score (nSPS) is 20.9. The molecule has 100 valence electrons. The predicted octanol–water partition coefficient (Wildman–Crippen LogP) is 3.57. The van der Waals surface area contributed by atoms with Crippen LogP contribution in [0.25, 0.3) is 0 Å². The van der Waals surface area contributed by atoms with E-state index in [1.54, 1.807) is 18.2 Å². The summed E-state index contributed by atoms with van der Waals surface area (Å²) in [5.41, 5.74) is 1.15. The van der Waals surface area contributed by atoms with Gasteiger partial charge in [0.15, 0.2) is 0 Å². The van der Waals surface area contributed by atoms with Gasteiger partial charge in [-0.2, -0.15) is 5.26 Å². The Labute approximate surface area is 114 Å². The standard InChI is InChI=1S/C16H20N2O/c1-11(2)7-8-12-9-14(12)16(19)18-15-6-4-3-5-13(15)10-17/h3-6,11-12,14H,7-9H2,1-2H3,(H,18,19). The molecule has 1 aliphatic rings. The molecule has 1 fully saturated rings. The Bertz CT molecular complexity index is 502. The molecule has 0 heterocycles. The van der Waals surface area contributed by atoms with Gasteiger partial charge in [-0.3, -0.25) is 4.79 Å². The maximum atomic E-state index is 12.1. The van der Waals surface area contributed by atoms with Crippen LogP contribution < -0.4 is 5.32 Å². The Morgan fingerprint density at radius 3 is 2.89 bits per heavy atom. The van der Waals surface area contributed by atoms with E-state index in [2.05, 4.69) is 25.2 Å². The van der Waals surface area contributed by atoms with Crippen molar-refractivity contribution < 1.29 is 4.79 Å². The maximum Gasteiger partial charge on any atom is 0.227 e. The highest BCUT2D eigenvalue weighted by molar-refractivity contribution is 5.95. The van der Waals surface area contributed by atoms with Gasteiger partial charge in [-0.05, 0) is 36.8 Å². The van der Waals surface area contributed by atoms with Crippen LogP contribution in [0.5, 0.6) is 0 Å². The molecule has 1 aromatic carbocycles. The van der Waals surface area contributed by atoms with Gasteiger partial charge in [-0.25, -0.2) is 0 Å². The highest BCUT2D eigenvalue weighted by Gasteiger charge is 2.42. The van der Waals surface area contributed by atoms with Crippen molar-refractivity contribution in [2.75, 3.05) is 5.32 Å². The molecule has 0 bridgehead atoms. The third-order valence-corrected chi connectivity index (χ3v) is 3.68. The summed E-state index contributed by atoms with van der Waals surface area (Å²) in [6.45, 7) is 4.42. The van der Waals surface area contributed by atoms with Crippen LogP contribution in [0.15, 0.2) is 24.3 Å². The fraction of sp³-hybridized carbons (Fsp3) is 0.500. The van der Waals surface area contributed by atoms with E-state index >= 15 is 0 Å². The SMILES string of the molecule is CC(C)CCC1CC1C(=O)Nc1ccccc1C#N. The van der Waals surface area contributed by atoms with Gasteiger partial charge in [-0.15, -0.1) is 0 Å². The van der Waals surface area contributed by atoms with E-state index in [0.717, 1.165) is 12.8 Å². The molecular weight excluding hydrogens is 236 g/mol. The summed E-state index contributed by atoms with van der Waals surface area (Å²) in [6.07, 6.45) is 3.31. The van der Waals surface area contributed by atoms with Gasteiger partial charge in [0, 0.05) is 5.92 Å². The van der Waals surface area contributed by atoms with E-state index in [0.29, 0.717) is 23.1 Å². The fourth-order valence-corrected chi connectivity index (χ4v) is 2.35. The summed E-state index contributed by atoms with van der Waals surface area (Å²) >= 11 is 0. The number of rotatable bonds is 5. The summed E-state index contributed by atoms with van der Waals surface area (Å²) in [7, 11) is 0. The Morgan fingerprint density at radius 1 is 1.47 bits per heavy atom. The Hall–Kier alpha value is -1.82. The van der Waals surface area contributed by atoms with Gasteiger partial charge in [0.1, 0.15) is 6.07 Å². The number of carbonyl (C=O) groups excluding carboxylic acids is 1. The van der Waals surface area contributed by atoms with Crippen molar-refractivity contribution in [2.45, 2.75) is 33.1 Å². The molecule has 2 rings (SSSR count). The molecule has 19 heavy (non-hydrogen) atoms. The van der Waals surface area contributed by atoms with Crippen molar-refractivity contribution in [3.63, 3.8) is 0 Å². The highest BCUT2D eigenvalue weighted by atomic mass is 16.2. The average Bonchev–Trinajstić information content (AvgIpc) is 3.16. The first-order chi connectivity index (χ1) is 9.11. The van der Waals surface area contributed by atoms with Gasteiger partial charge < -0.3 is 5.32 Å². The van der Waals surface area contributed by atoms with E-state index in [-0.39, 0.29) is 11.8 Å². The largest absolute Gasteiger partial charge is 0.325 e. The Kier molecular flexibility index (Phi) is 4.21. The number of benzene rings is 1. The molecule has 0 aliphatic heterocycles. The summed E-state index contributed by atoms with van der Waals surface area (Å²) in [5, 5.41) is 11.9. The Balaban J connectivity index is 1.88. The number of anilines is 1. The second-order valence-corrected chi connectivity index (χ2v) is 5.72. The number of nitriles is 1. The maximum absolute atomic E-state index is 12.1. The lowest BCUT2D eigenvalue weighted by molar-refractivity contribution is -0.117. The van der Waals surface area contributed by atoms with E-state index < -0.39 is 0 Å². The van der Waals surface area contributed by atoms with Gasteiger partial charge >= 0.3 is 0 Å². The molecule has 2 unspecified atom stereocenters. The third kappa shape index (κ3) is 3.57. The number of amides is 1. The minimum atomic E-state index is 0.0662. The first-order valence-corrected chi connectivity index (χ1v) is 6.91. The quantitative estimate of drug-likeness (QED) is 0.875.